The zero-order valence-electron chi connectivity index (χ0n) is 22.5. The average molecular weight is 600 g/mol. The van der Waals surface area contributed by atoms with Gasteiger partial charge in [-0.05, 0) is 42.7 Å². The first-order valence-corrected chi connectivity index (χ1v) is 15.0. The molecule has 1 aliphatic rings. The van der Waals surface area contributed by atoms with E-state index < -0.39 is 65.5 Å². The molecule has 0 spiro atoms. The number of halogens is 3. The van der Waals surface area contributed by atoms with E-state index >= 15 is 0 Å². The zero-order chi connectivity index (χ0) is 29.8. The highest BCUT2D eigenvalue weighted by Gasteiger charge is 2.33. The maximum atomic E-state index is 14.5. The van der Waals surface area contributed by atoms with Gasteiger partial charge in [-0.25, -0.2) is 8.78 Å². The maximum Gasteiger partial charge on any atom is 0.334 e. The molecular formula is C27H33ClF2N3O6P. The number of nitrogens with zero attached hydrogens (tertiary/aromatic N) is 2. The second-order valence-corrected chi connectivity index (χ2v) is 12.8. The summed E-state index contributed by atoms with van der Waals surface area (Å²) in [6.07, 6.45) is 1.04. The van der Waals surface area contributed by atoms with Gasteiger partial charge in [-0.3, -0.25) is 23.9 Å². The molecule has 0 aliphatic carbocycles. The Morgan fingerprint density at radius 2 is 1.93 bits per heavy atom. The molecule has 2 bridgehead atoms. The van der Waals surface area contributed by atoms with E-state index in [9.17, 15) is 37.5 Å². The quantitative estimate of drug-likeness (QED) is 0.241. The highest BCUT2D eigenvalue weighted by atomic mass is 35.5. The van der Waals surface area contributed by atoms with Crippen molar-refractivity contribution in [3.63, 3.8) is 0 Å². The van der Waals surface area contributed by atoms with Crippen molar-refractivity contribution in [2.24, 2.45) is 5.92 Å². The van der Waals surface area contributed by atoms with Gasteiger partial charge in [0.25, 0.3) is 0 Å². The van der Waals surface area contributed by atoms with E-state index in [0.717, 1.165) is 22.6 Å². The normalized spacial score (nSPS) is 19.6. The van der Waals surface area contributed by atoms with Crippen molar-refractivity contribution in [3.05, 3.63) is 63.9 Å². The molecule has 0 saturated heterocycles. The van der Waals surface area contributed by atoms with Gasteiger partial charge in [0.1, 0.15) is 12.0 Å². The van der Waals surface area contributed by atoms with Crippen molar-refractivity contribution < 1.29 is 37.5 Å². The molecule has 2 atom stereocenters. The van der Waals surface area contributed by atoms with Gasteiger partial charge < -0.3 is 20.0 Å². The minimum atomic E-state index is -4.80. The molecule has 2 unspecified atom stereocenters. The van der Waals surface area contributed by atoms with Gasteiger partial charge in [0.15, 0.2) is 11.6 Å². The summed E-state index contributed by atoms with van der Waals surface area (Å²) >= 11 is 5.73. The lowest BCUT2D eigenvalue weighted by Crippen LogP contribution is -2.41. The fraction of sp³-hybridized carbons (Fsp3) is 0.481. The van der Waals surface area contributed by atoms with Crippen molar-refractivity contribution in [1.29, 1.82) is 0 Å². The van der Waals surface area contributed by atoms with Crippen LogP contribution in [0, 0.1) is 17.6 Å². The van der Waals surface area contributed by atoms with E-state index in [2.05, 4.69) is 10.3 Å². The standard InChI is InChI=1S/C27H33ClF2N3O6P/c1-16-5-4-6-21(20-13-17(9-11-31-20)27(2,3)15-32-26(16)36)33(23(35)14-40(37,38)39)12-10-22(34)24-19(29)8-7-18(28)25(24)30/h7-9,11,13,16,21H,4-6,10,12,14-15H2,1-3H3,(H,32,36)(H2,37,38,39). The van der Waals surface area contributed by atoms with Gasteiger partial charge in [-0.2, -0.15) is 0 Å². The van der Waals surface area contributed by atoms with Gasteiger partial charge in [0.2, 0.25) is 11.8 Å². The third-order valence-corrected chi connectivity index (χ3v) is 8.09. The van der Waals surface area contributed by atoms with Crippen LogP contribution in [0.4, 0.5) is 8.78 Å². The van der Waals surface area contributed by atoms with Crippen LogP contribution in [0.1, 0.15) is 74.1 Å². The van der Waals surface area contributed by atoms with Gasteiger partial charge in [-0.15, -0.1) is 0 Å². The van der Waals surface area contributed by atoms with Crippen molar-refractivity contribution in [1.82, 2.24) is 15.2 Å². The van der Waals surface area contributed by atoms with Crippen LogP contribution in [0.2, 0.25) is 5.02 Å². The first-order valence-electron chi connectivity index (χ1n) is 12.9. The number of ketones is 1. The molecule has 3 N–H and O–H groups in total. The summed E-state index contributed by atoms with van der Waals surface area (Å²) in [5.41, 5.74) is -0.139. The minimum Gasteiger partial charge on any atom is -0.355 e. The number of aromatic nitrogens is 1. The Bertz CT molecular complexity index is 1340. The number of benzene rings is 1. The Kier molecular flexibility index (Phi) is 10.2. The molecule has 13 heteroatoms. The second-order valence-electron chi connectivity index (χ2n) is 10.7. The summed E-state index contributed by atoms with van der Waals surface area (Å²) in [7, 11) is -4.80. The first-order chi connectivity index (χ1) is 18.6. The monoisotopic (exact) mass is 599 g/mol. The van der Waals surface area contributed by atoms with E-state index in [1.54, 1.807) is 25.3 Å². The van der Waals surface area contributed by atoms with E-state index in [1.807, 2.05) is 13.8 Å². The van der Waals surface area contributed by atoms with Crippen LogP contribution in [-0.2, 0) is 19.6 Å². The molecule has 1 aliphatic heterocycles. The van der Waals surface area contributed by atoms with E-state index in [-0.39, 0.29) is 24.8 Å². The Hall–Kier alpha value is -2.72. The predicted molar refractivity (Wildman–Crippen MR) is 145 cm³/mol. The molecule has 9 nitrogen and oxygen atoms in total. The second kappa shape index (κ2) is 12.9. The third kappa shape index (κ3) is 7.94. The molecule has 218 valence electrons. The Morgan fingerprint density at radius 3 is 2.60 bits per heavy atom. The van der Waals surface area contributed by atoms with Crippen LogP contribution >= 0.6 is 19.2 Å². The van der Waals surface area contributed by atoms with Crippen LogP contribution in [0.5, 0.6) is 0 Å². The van der Waals surface area contributed by atoms with Crippen LogP contribution in [0.3, 0.4) is 0 Å². The number of rotatable bonds is 7. The number of pyridine rings is 1. The number of fused-ring (bicyclic) bond motifs is 2. The summed E-state index contributed by atoms with van der Waals surface area (Å²) < 4.78 is 40.6. The molecule has 3 rings (SSSR count). The lowest BCUT2D eigenvalue weighted by molar-refractivity contribution is -0.131. The van der Waals surface area contributed by atoms with E-state index in [0.29, 0.717) is 25.1 Å². The number of hydrogen-bond donors (Lipinski definition) is 3. The van der Waals surface area contributed by atoms with Crippen molar-refractivity contribution in [2.75, 3.05) is 19.3 Å². The number of nitrogens with one attached hydrogen (secondary N) is 1. The van der Waals surface area contributed by atoms with Crippen LogP contribution in [0.15, 0.2) is 30.5 Å². The highest BCUT2D eigenvalue weighted by Crippen LogP contribution is 2.37. The smallest absolute Gasteiger partial charge is 0.334 e. The lowest BCUT2D eigenvalue weighted by Gasteiger charge is -2.34. The molecule has 2 aromatic rings. The minimum absolute atomic E-state index is 0.120. The highest BCUT2D eigenvalue weighted by molar-refractivity contribution is 7.52. The Balaban J connectivity index is 2.03. The molecule has 2 amide bonds. The van der Waals surface area contributed by atoms with Gasteiger partial charge in [-0.1, -0.05) is 38.8 Å². The number of amides is 2. The Labute approximate surface area is 236 Å². The summed E-state index contributed by atoms with van der Waals surface area (Å²) in [6, 6.07) is 4.55. The summed E-state index contributed by atoms with van der Waals surface area (Å²) in [5, 5.41) is 2.53. The molecule has 0 radical (unpaired) electrons. The molecule has 0 saturated carbocycles. The van der Waals surface area contributed by atoms with E-state index in [1.165, 1.54) is 0 Å². The fourth-order valence-electron chi connectivity index (χ4n) is 4.70. The predicted octanol–water partition coefficient (Wildman–Crippen LogP) is 4.55. The molecule has 1 aromatic heterocycles. The number of hydrogen-bond acceptors (Lipinski definition) is 5. The van der Waals surface area contributed by atoms with Gasteiger partial charge in [0, 0.05) is 37.0 Å². The molecule has 0 fully saturated rings. The molecule has 1 aromatic carbocycles. The van der Waals surface area contributed by atoms with Crippen molar-refractivity contribution in [3.8, 4) is 0 Å². The largest absolute Gasteiger partial charge is 0.355 e. The zero-order valence-corrected chi connectivity index (χ0v) is 24.1. The summed E-state index contributed by atoms with van der Waals surface area (Å²) in [4.78, 5) is 63.4. The van der Waals surface area contributed by atoms with Crippen LogP contribution in [0.25, 0.3) is 0 Å². The number of carbonyl (C=O) groups is 3. The number of Topliss-reactive ketones (excluding diaryl/α,β-unsaturated/α-hetero) is 1. The van der Waals surface area contributed by atoms with Crippen LogP contribution in [-0.4, -0.2) is 56.5 Å². The van der Waals surface area contributed by atoms with Crippen LogP contribution < -0.4 is 5.32 Å². The third-order valence-electron chi connectivity index (χ3n) is 7.11. The topological polar surface area (TPSA) is 137 Å². The van der Waals surface area contributed by atoms with Crippen molar-refractivity contribution in [2.45, 2.75) is 57.9 Å². The van der Waals surface area contributed by atoms with Crippen molar-refractivity contribution >= 4 is 36.8 Å². The van der Waals surface area contributed by atoms with E-state index in [4.69, 9.17) is 11.6 Å². The Morgan fingerprint density at radius 1 is 1.23 bits per heavy atom. The average Bonchev–Trinajstić information content (AvgIpc) is 2.87. The molecule has 40 heavy (non-hydrogen) atoms. The lowest BCUT2D eigenvalue weighted by atomic mass is 9.83. The number of carbonyl (C=O) groups excluding carboxylic acids is 3. The summed E-state index contributed by atoms with van der Waals surface area (Å²) in [6.45, 7) is 5.60. The summed E-state index contributed by atoms with van der Waals surface area (Å²) in [5.74, 6) is -4.71. The van der Waals surface area contributed by atoms with Gasteiger partial charge in [0.05, 0.1) is 22.3 Å². The first kappa shape index (κ1) is 31.8. The molecular weight excluding hydrogens is 567 g/mol. The molecule has 2 heterocycles. The fourth-order valence-corrected chi connectivity index (χ4v) is 5.39. The maximum absolute atomic E-state index is 14.5. The van der Waals surface area contributed by atoms with Gasteiger partial charge >= 0.3 is 7.60 Å². The SMILES string of the molecule is CC1CCCC(N(CCC(=O)c2c(F)ccc(Cl)c2F)C(=O)CP(=O)(O)O)c2cc(ccn2)C(C)(C)CNC1=O.